The zero-order chi connectivity index (χ0) is 20.2. The van der Waals surface area contributed by atoms with Gasteiger partial charge in [-0.1, -0.05) is 18.2 Å². The molecule has 0 unspecified atom stereocenters. The molecule has 4 rings (SSSR count). The molecule has 1 aromatic heterocycles. The fraction of sp³-hybridized carbons (Fsp3) is 0.381. The summed E-state index contributed by atoms with van der Waals surface area (Å²) in [6.45, 7) is 2.73. The molecule has 2 fully saturated rings. The van der Waals surface area contributed by atoms with E-state index < -0.39 is 0 Å². The minimum Gasteiger partial charge on any atom is -0.349 e. The summed E-state index contributed by atoms with van der Waals surface area (Å²) < 4.78 is 0. The van der Waals surface area contributed by atoms with E-state index in [1.807, 2.05) is 27.3 Å². The van der Waals surface area contributed by atoms with E-state index in [4.69, 9.17) is 0 Å². The Hall–Kier alpha value is -2.71. The number of thiophene rings is 1. The van der Waals surface area contributed by atoms with E-state index in [1.54, 1.807) is 24.3 Å². The molecule has 0 spiro atoms. The van der Waals surface area contributed by atoms with Crippen molar-refractivity contribution >= 4 is 34.7 Å². The summed E-state index contributed by atoms with van der Waals surface area (Å²) in [5.41, 5.74) is 1.02. The Bertz CT molecular complexity index is 887. The average Bonchev–Trinajstić information content (AvgIpc) is 3.37. The number of nitrogens with one attached hydrogen (secondary N) is 2. The van der Waals surface area contributed by atoms with Crippen LogP contribution >= 0.6 is 11.3 Å². The van der Waals surface area contributed by atoms with Crippen LogP contribution in [0.15, 0.2) is 41.8 Å². The zero-order valence-corrected chi connectivity index (χ0v) is 16.9. The number of carbonyl (C=O) groups is 3. The van der Waals surface area contributed by atoms with Crippen LogP contribution in [0.4, 0.5) is 5.69 Å². The standard InChI is InChI=1S/C21H24N4O3S/c26-19(23-17-5-2-1-4-16(17)20(27)22-15-7-8-15)14-24-9-11-25(12-10-24)21(28)18-6-3-13-29-18/h1-6,13,15H,7-12,14H2,(H,22,27)(H,23,26). The van der Waals surface area contributed by atoms with Gasteiger partial charge in [-0.05, 0) is 36.4 Å². The number of nitrogens with zero attached hydrogens (tertiary/aromatic N) is 2. The second-order valence-corrected chi connectivity index (χ2v) is 8.33. The molecule has 2 aromatic rings. The molecule has 3 amide bonds. The molecule has 2 heterocycles. The molecule has 7 nitrogen and oxygen atoms in total. The quantitative estimate of drug-likeness (QED) is 0.761. The number of rotatable bonds is 6. The van der Waals surface area contributed by atoms with E-state index in [-0.39, 0.29) is 30.3 Å². The molecule has 1 saturated carbocycles. The van der Waals surface area contributed by atoms with Crippen LogP contribution in [0, 0.1) is 0 Å². The number of hydrogen-bond acceptors (Lipinski definition) is 5. The molecule has 0 radical (unpaired) electrons. The van der Waals surface area contributed by atoms with Crippen molar-refractivity contribution in [3.05, 3.63) is 52.2 Å². The molecule has 1 aromatic carbocycles. The minimum absolute atomic E-state index is 0.0553. The molecule has 8 heteroatoms. The molecular weight excluding hydrogens is 388 g/mol. The van der Waals surface area contributed by atoms with E-state index in [1.165, 1.54) is 11.3 Å². The molecule has 1 aliphatic heterocycles. The fourth-order valence-corrected chi connectivity index (χ4v) is 4.03. The number of hydrogen-bond donors (Lipinski definition) is 2. The molecule has 29 heavy (non-hydrogen) atoms. The van der Waals surface area contributed by atoms with Crippen molar-refractivity contribution in [1.29, 1.82) is 0 Å². The maximum absolute atomic E-state index is 12.5. The third-order valence-electron chi connectivity index (χ3n) is 5.12. The van der Waals surface area contributed by atoms with Crippen molar-refractivity contribution in [2.45, 2.75) is 18.9 Å². The lowest BCUT2D eigenvalue weighted by Crippen LogP contribution is -2.50. The van der Waals surface area contributed by atoms with Crippen molar-refractivity contribution < 1.29 is 14.4 Å². The van der Waals surface area contributed by atoms with Crippen LogP contribution in [0.1, 0.15) is 32.9 Å². The van der Waals surface area contributed by atoms with Gasteiger partial charge in [0.05, 0.1) is 22.7 Å². The Labute approximate surface area is 173 Å². The Kier molecular flexibility index (Phi) is 5.92. The number of para-hydroxylation sites is 1. The number of piperazine rings is 1. The molecule has 2 aliphatic rings. The number of amides is 3. The lowest BCUT2D eigenvalue weighted by Gasteiger charge is -2.34. The Balaban J connectivity index is 1.28. The van der Waals surface area contributed by atoms with Crippen LogP contribution in [0.25, 0.3) is 0 Å². The first-order valence-electron chi connectivity index (χ1n) is 9.85. The average molecular weight is 413 g/mol. The van der Waals surface area contributed by atoms with Gasteiger partial charge in [-0.3, -0.25) is 19.3 Å². The number of carbonyl (C=O) groups excluding carboxylic acids is 3. The van der Waals surface area contributed by atoms with Gasteiger partial charge in [0.1, 0.15) is 0 Å². The van der Waals surface area contributed by atoms with Crippen LogP contribution in [0.2, 0.25) is 0 Å². The van der Waals surface area contributed by atoms with Crippen LogP contribution < -0.4 is 10.6 Å². The van der Waals surface area contributed by atoms with Crippen LogP contribution in [-0.2, 0) is 4.79 Å². The predicted molar refractivity (Wildman–Crippen MR) is 112 cm³/mol. The largest absolute Gasteiger partial charge is 0.349 e. The van der Waals surface area contributed by atoms with Gasteiger partial charge >= 0.3 is 0 Å². The van der Waals surface area contributed by atoms with E-state index in [9.17, 15) is 14.4 Å². The van der Waals surface area contributed by atoms with Crippen molar-refractivity contribution in [3.8, 4) is 0 Å². The smallest absolute Gasteiger partial charge is 0.264 e. The van der Waals surface area contributed by atoms with Gasteiger partial charge in [0.15, 0.2) is 0 Å². The van der Waals surface area contributed by atoms with E-state index in [2.05, 4.69) is 10.6 Å². The summed E-state index contributed by atoms with van der Waals surface area (Å²) >= 11 is 1.45. The Morgan fingerprint density at radius 2 is 1.76 bits per heavy atom. The first-order chi connectivity index (χ1) is 14.1. The van der Waals surface area contributed by atoms with Crippen LogP contribution in [-0.4, -0.2) is 66.3 Å². The van der Waals surface area contributed by atoms with Crippen molar-refractivity contribution in [3.63, 3.8) is 0 Å². The molecular formula is C21H24N4O3S. The SMILES string of the molecule is O=C(CN1CCN(C(=O)c2cccs2)CC1)Nc1ccccc1C(=O)NC1CC1. The third-order valence-corrected chi connectivity index (χ3v) is 5.97. The van der Waals surface area contributed by atoms with Crippen LogP contribution in [0.5, 0.6) is 0 Å². The second kappa shape index (κ2) is 8.75. The Morgan fingerprint density at radius 1 is 1.00 bits per heavy atom. The first kappa shape index (κ1) is 19.6. The highest BCUT2D eigenvalue weighted by Gasteiger charge is 2.26. The lowest BCUT2D eigenvalue weighted by atomic mass is 10.1. The van der Waals surface area contributed by atoms with Crippen molar-refractivity contribution in [1.82, 2.24) is 15.1 Å². The second-order valence-electron chi connectivity index (χ2n) is 7.39. The summed E-state index contributed by atoms with van der Waals surface area (Å²) in [6, 6.07) is 11.0. The summed E-state index contributed by atoms with van der Waals surface area (Å²) in [6.07, 6.45) is 2.03. The van der Waals surface area contributed by atoms with Crippen molar-refractivity contribution in [2.75, 3.05) is 38.0 Å². The molecule has 0 atom stereocenters. The summed E-state index contributed by atoms with van der Waals surface area (Å²) in [7, 11) is 0. The van der Waals surface area contributed by atoms with Crippen LogP contribution in [0.3, 0.4) is 0 Å². The van der Waals surface area contributed by atoms with Gasteiger partial charge in [-0.15, -0.1) is 11.3 Å². The third kappa shape index (κ3) is 5.02. The Morgan fingerprint density at radius 3 is 2.45 bits per heavy atom. The summed E-state index contributed by atoms with van der Waals surface area (Å²) in [5.74, 6) is -0.251. The highest BCUT2D eigenvalue weighted by molar-refractivity contribution is 7.12. The topological polar surface area (TPSA) is 81.8 Å². The van der Waals surface area contributed by atoms with Gasteiger partial charge in [-0.25, -0.2) is 0 Å². The molecule has 0 bridgehead atoms. The van der Waals surface area contributed by atoms with E-state index in [0.29, 0.717) is 37.4 Å². The molecule has 152 valence electrons. The monoisotopic (exact) mass is 412 g/mol. The zero-order valence-electron chi connectivity index (χ0n) is 16.1. The number of anilines is 1. The van der Waals surface area contributed by atoms with Gasteiger partial charge in [0.25, 0.3) is 11.8 Å². The molecule has 2 N–H and O–H groups in total. The summed E-state index contributed by atoms with van der Waals surface area (Å²) in [4.78, 5) is 41.9. The van der Waals surface area contributed by atoms with Gasteiger partial charge < -0.3 is 15.5 Å². The van der Waals surface area contributed by atoms with Gasteiger partial charge in [0, 0.05) is 32.2 Å². The maximum Gasteiger partial charge on any atom is 0.264 e. The minimum atomic E-state index is -0.158. The normalized spacial score (nSPS) is 17.0. The first-order valence-corrected chi connectivity index (χ1v) is 10.7. The van der Waals surface area contributed by atoms with E-state index >= 15 is 0 Å². The lowest BCUT2D eigenvalue weighted by molar-refractivity contribution is -0.117. The van der Waals surface area contributed by atoms with Gasteiger partial charge in [-0.2, -0.15) is 0 Å². The highest BCUT2D eigenvalue weighted by Crippen LogP contribution is 2.21. The molecule has 1 aliphatic carbocycles. The maximum atomic E-state index is 12.5. The highest BCUT2D eigenvalue weighted by atomic mass is 32.1. The predicted octanol–water partition coefficient (Wildman–Crippen LogP) is 2.04. The van der Waals surface area contributed by atoms with E-state index in [0.717, 1.165) is 17.7 Å². The van der Waals surface area contributed by atoms with Gasteiger partial charge in [0.2, 0.25) is 5.91 Å². The molecule has 1 saturated heterocycles. The fourth-order valence-electron chi connectivity index (χ4n) is 3.34. The number of benzene rings is 1. The van der Waals surface area contributed by atoms with Crippen molar-refractivity contribution in [2.24, 2.45) is 0 Å². The summed E-state index contributed by atoms with van der Waals surface area (Å²) in [5, 5.41) is 7.72.